The van der Waals surface area contributed by atoms with Crippen LogP contribution in [-0.4, -0.2) is 17.4 Å². The largest absolute Gasteiger partial charge is 0.367 e. The number of anilines is 1. The number of nitrogens with zero attached hydrogens (tertiary/aromatic N) is 2. The summed E-state index contributed by atoms with van der Waals surface area (Å²) in [6, 6.07) is 16.5. The highest BCUT2D eigenvalue weighted by Crippen LogP contribution is 2.26. The summed E-state index contributed by atoms with van der Waals surface area (Å²) in [5.74, 6) is -0.0477. The molecule has 1 aliphatic rings. The second-order valence-corrected chi connectivity index (χ2v) is 8.60. The van der Waals surface area contributed by atoms with Crippen LogP contribution in [0, 0.1) is 13.8 Å². The van der Waals surface area contributed by atoms with Gasteiger partial charge in [-0.05, 0) is 62.6 Å². The van der Waals surface area contributed by atoms with Crippen LogP contribution in [-0.2, 0) is 13.0 Å². The summed E-state index contributed by atoms with van der Waals surface area (Å²) in [4.78, 5) is 20.6. The quantitative estimate of drug-likeness (QED) is 0.694. The van der Waals surface area contributed by atoms with E-state index in [0.29, 0.717) is 5.56 Å². The molecule has 0 saturated heterocycles. The van der Waals surface area contributed by atoms with Gasteiger partial charge in [-0.2, -0.15) is 0 Å². The summed E-state index contributed by atoms with van der Waals surface area (Å²) in [6.07, 6.45) is 1.06. The van der Waals surface area contributed by atoms with Gasteiger partial charge in [0.2, 0.25) is 0 Å². The van der Waals surface area contributed by atoms with Gasteiger partial charge in [-0.1, -0.05) is 24.3 Å². The zero-order chi connectivity index (χ0) is 19.7. The number of aryl methyl sites for hydroxylation is 2. The number of hydrogen-bond acceptors (Lipinski definition) is 4. The predicted molar refractivity (Wildman–Crippen MR) is 115 cm³/mol. The summed E-state index contributed by atoms with van der Waals surface area (Å²) < 4.78 is 0. The first kappa shape index (κ1) is 18.7. The molecule has 0 saturated carbocycles. The standard InChI is InChI=1S/C23H25N3OS/c1-15-22(28-17(3)24-15)16(2)25-23(27)19-8-10-21(11-9-19)26-13-12-18-6-4-5-7-20(18)14-26/h4-11,16H,12-14H2,1-3H3,(H,25,27). The van der Waals surface area contributed by atoms with Gasteiger partial charge < -0.3 is 10.2 Å². The number of carbonyl (C=O) groups excluding carboxylic acids is 1. The van der Waals surface area contributed by atoms with Crippen LogP contribution in [0.15, 0.2) is 48.5 Å². The van der Waals surface area contributed by atoms with Gasteiger partial charge >= 0.3 is 0 Å². The van der Waals surface area contributed by atoms with E-state index in [1.54, 1.807) is 11.3 Å². The highest BCUT2D eigenvalue weighted by atomic mass is 32.1. The predicted octanol–water partition coefficient (Wildman–Crippen LogP) is 4.81. The molecule has 0 spiro atoms. The van der Waals surface area contributed by atoms with Crippen molar-refractivity contribution in [2.75, 3.05) is 11.4 Å². The number of rotatable bonds is 4. The monoisotopic (exact) mass is 391 g/mol. The number of nitrogens with one attached hydrogen (secondary N) is 1. The molecule has 28 heavy (non-hydrogen) atoms. The van der Waals surface area contributed by atoms with Gasteiger partial charge in [0.1, 0.15) is 0 Å². The molecule has 0 aliphatic carbocycles. The Labute approximate surface area is 170 Å². The van der Waals surface area contributed by atoms with Crippen molar-refractivity contribution in [2.45, 2.75) is 39.8 Å². The van der Waals surface area contributed by atoms with E-state index in [4.69, 9.17) is 0 Å². The van der Waals surface area contributed by atoms with E-state index in [-0.39, 0.29) is 11.9 Å². The summed E-state index contributed by atoms with van der Waals surface area (Å²) in [6.45, 7) is 7.92. The first-order chi connectivity index (χ1) is 13.5. The molecule has 4 rings (SSSR count). The van der Waals surface area contributed by atoms with Gasteiger partial charge in [-0.25, -0.2) is 4.98 Å². The van der Waals surface area contributed by atoms with Crippen LogP contribution in [0.1, 0.15) is 50.0 Å². The lowest BCUT2D eigenvalue weighted by atomic mass is 9.99. The molecule has 5 heteroatoms. The third-order valence-electron chi connectivity index (χ3n) is 5.31. The number of hydrogen-bond donors (Lipinski definition) is 1. The first-order valence-corrected chi connectivity index (χ1v) is 10.5. The molecule has 0 bridgehead atoms. The van der Waals surface area contributed by atoms with Crippen LogP contribution in [0.5, 0.6) is 0 Å². The Hall–Kier alpha value is -2.66. The third-order valence-corrected chi connectivity index (χ3v) is 6.56. The molecule has 2 heterocycles. The lowest BCUT2D eigenvalue weighted by molar-refractivity contribution is 0.0940. The number of amides is 1. The van der Waals surface area contributed by atoms with Crippen LogP contribution in [0.3, 0.4) is 0 Å². The number of fused-ring (bicyclic) bond motifs is 1. The molecule has 1 unspecified atom stereocenters. The molecule has 0 radical (unpaired) electrons. The fraction of sp³-hybridized carbons (Fsp3) is 0.304. The molecular formula is C23H25N3OS. The summed E-state index contributed by atoms with van der Waals surface area (Å²) in [5, 5.41) is 4.13. The topological polar surface area (TPSA) is 45.2 Å². The van der Waals surface area contributed by atoms with Crippen molar-refractivity contribution < 1.29 is 4.79 Å². The SMILES string of the molecule is Cc1nc(C)c(C(C)NC(=O)c2ccc(N3CCc4ccccc4C3)cc2)s1. The molecule has 0 fully saturated rings. The van der Waals surface area contributed by atoms with Crippen molar-refractivity contribution in [2.24, 2.45) is 0 Å². The average Bonchev–Trinajstić information content (AvgIpc) is 3.06. The van der Waals surface area contributed by atoms with Crippen LogP contribution < -0.4 is 10.2 Å². The molecule has 2 aromatic carbocycles. The molecule has 144 valence electrons. The number of benzene rings is 2. The highest BCUT2D eigenvalue weighted by molar-refractivity contribution is 7.11. The molecule has 4 nitrogen and oxygen atoms in total. The van der Waals surface area contributed by atoms with Gasteiger partial charge in [0.25, 0.3) is 5.91 Å². The van der Waals surface area contributed by atoms with Crippen molar-refractivity contribution in [1.82, 2.24) is 10.3 Å². The third kappa shape index (κ3) is 3.80. The lowest BCUT2D eigenvalue weighted by Gasteiger charge is -2.30. The summed E-state index contributed by atoms with van der Waals surface area (Å²) >= 11 is 1.64. The minimum Gasteiger partial charge on any atom is -0.367 e. The van der Waals surface area contributed by atoms with Gasteiger partial charge in [0, 0.05) is 29.2 Å². The molecule has 1 aromatic heterocycles. The number of carbonyl (C=O) groups is 1. The molecule has 1 atom stereocenters. The van der Waals surface area contributed by atoms with Gasteiger partial charge in [-0.3, -0.25) is 4.79 Å². The number of thiazole rings is 1. The van der Waals surface area contributed by atoms with E-state index in [0.717, 1.165) is 40.8 Å². The fourth-order valence-electron chi connectivity index (χ4n) is 3.83. The maximum absolute atomic E-state index is 12.7. The van der Waals surface area contributed by atoms with E-state index >= 15 is 0 Å². The minimum atomic E-state index is -0.0477. The van der Waals surface area contributed by atoms with Crippen LogP contribution in [0.25, 0.3) is 0 Å². The smallest absolute Gasteiger partial charge is 0.251 e. The van der Waals surface area contributed by atoms with Gasteiger partial charge in [-0.15, -0.1) is 11.3 Å². The summed E-state index contributed by atoms with van der Waals surface area (Å²) in [5.41, 5.74) is 5.67. The zero-order valence-electron chi connectivity index (χ0n) is 16.5. The summed E-state index contributed by atoms with van der Waals surface area (Å²) in [7, 11) is 0. The molecule has 3 aromatic rings. The Balaban J connectivity index is 1.43. The van der Waals surface area contributed by atoms with E-state index in [1.807, 2.05) is 32.9 Å². The Bertz CT molecular complexity index is 993. The molecular weight excluding hydrogens is 366 g/mol. The van der Waals surface area contributed by atoms with Gasteiger partial charge in [0.15, 0.2) is 0 Å². The first-order valence-electron chi connectivity index (χ1n) is 9.68. The zero-order valence-corrected chi connectivity index (χ0v) is 17.3. The molecule has 1 aliphatic heterocycles. The van der Waals surface area contributed by atoms with Gasteiger partial charge in [0.05, 0.1) is 16.7 Å². The maximum atomic E-state index is 12.7. The van der Waals surface area contributed by atoms with Crippen molar-refractivity contribution in [1.29, 1.82) is 0 Å². The molecule has 1 amide bonds. The van der Waals surface area contributed by atoms with Crippen molar-refractivity contribution in [3.63, 3.8) is 0 Å². The Morgan fingerprint density at radius 1 is 1.11 bits per heavy atom. The Morgan fingerprint density at radius 3 is 2.50 bits per heavy atom. The number of aromatic nitrogens is 1. The highest BCUT2D eigenvalue weighted by Gasteiger charge is 2.18. The van der Waals surface area contributed by atoms with Crippen LogP contribution in [0.2, 0.25) is 0 Å². The Morgan fingerprint density at radius 2 is 1.82 bits per heavy atom. The van der Waals surface area contributed by atoms with Crippen molar-refractivity contribution in [3.05, 3.63) is 80.8 Å². The van der Waals surface area contributed by atoms with Crippen molar-refractivity contribution >= 4 is 22.9 Å². The van der Waals surface area contributed by atoms with E-state index in [9.17, 15) is 4.79 Å². The van der Waals surface area contributed by atoms with E-state index in [1.165, 1.54) is 11.1 Å². The van der Waals surface area contributed by atoms with Crippen molar-refractivity contribution in [3.8, 4) is 0 Å². The fourth-order valence-corrected chi connectivity index (χ4v) is 4.76. The minimum absolute atomic E-state index is 0.0445. The maximum Gasteiger partial charge on any atom is 0.251 e. The van der Waals surface area contributed by atoms with E-state index in [2.05, 4.69) is 51.6 Å². The normalized spacial score (nSPS) is 14.5. The Kier molecular flexibility index (Phi) is 5.18. The second kappa shape index (κ2) is 7.76. The molecule has 1 N–H and O–H groups in total. The van der Waals surface area contributed by atoms with Crippen LogP contribution >= 0.6 is 11.3 Å². The average molecular weight is 392 g/mol. The van der Waals surface area contributed by atoms with E-state index < -0.39 is 0 Å². The lowest BCUT2D eigenvalue weighted by Crippen LogP contribution is -2.30. The van der Waals surface area contributed by atoms with Crippen LogP contribution in [0.4, 0.5) is 5.69 Å². The second-order valence-electron chi connectivity index (χ2n) is 7.36.